The van der Waals surface area contributed by atoms with Crippen molar-refractivity contribution in [2.45, 2.75) is 32.7 Å². The highest BCUT2D eigenvalue weighted by molar-refractivity contribution is 6.32. The molecular weight excluding hydrogens is 428 g/mol. The van der Waals surface area contributed by atoms with Gasteiger partial charge in [-0.15, -0.1) is 15.3 Å². The van der Waals surface area contributed by atoms with E-state index in [0.29, 0.717) is 16.8 Å². The van der Waals surface area contributed by atoms with Crippen LogP contribution in [0.25, 0.3) is 5.65 Å². The van der Waals surface area contributed by atoms with Crippen molar-refractivity contribution in [3.63, 3.8) is 0 Å². The van der Waals surface area contributed by atoms with Gasteiger partial charge in [0.05, 0.1) is 11.9 Å². The van der Waals surface area contributed by atoms with Crippen molar-refractivity contribution in [3.8, 4) is 0 Å². The number of pyridine rings is 1. The van der Waals surface area contributed by atoms with Gasteiger partial charge >= 0.3 is 0 Å². The predicted molar refractivity (Wildman–Crippen MR) is 124 cm³/mol. The molecule has 0 radical (unpaired) electrons. The molecule has 0 atom stereocenters. The molecule has 0 spiro atoms. The smallest absolute Gasteiger partial charge is 0.229 e. The Morgan fingerprint density at radius 3 is 2.66 bits per heavy atom. The van der Waals surface area contributed by atoms with Crippen molar-refractivity contribution in [1.82, 2.24) is 34.8 Å². The van der Waals surface area contributed by atoms with Crippen LogP contribution in [0.15, 0.2) is 36.7 Å². The standard InChI is InChI=1S/C21H23ClN10/c1-13-3-4-18(29-27-13)31-8-5-15(6-9-31)24-20-17(22)12-23-21(26-20)25-16-7-10-32-14(2)28-30-19(32)11-16/h3-4,7,10-12,15H,5-6,8-9H2,1-2H3,(H2,23,24,25,26). The average Bonchev–Trinajstić information content (AvgIpc) is 3.17. The second-order valence-electron chi connectivity index (χ2n) is 7.84. The van der Waals surface area contributed by atoms with Crippen LogP contribution in [0.4, 0.5) is 23.3 Å². The van der Waals surface area contributed by atoms with Gasteiger partial charge in [-0.2, -0.15) is 10.1 Å². The lowest BCUT2D eigenvalue weighted by Gasteiger charge is -2.33. The molecule has 0 saturated carbocycles. The van der Waals surface area contributed by atoms with E-state index in [1.54, 1.807) is 6.20 Å². The van der Waals surface area contributed by atoms with Gasteiger partial charge in [0.15, 0.2) is 17.3 Å². The fourth-order valence-corrected chi connectivity index (χ4v) is 3.90. The number of rotatable bonds is 5. The summed E-state index contributed by atoms with van der Waals surface area (Å²) < 4.78 is 1.91. The summed E-state index contributed by atoms with van der Waals surface area (Å²) >= 11 is 6.37. The fraction of sp³-hybridized carbons (Fsp3) is 0.333. The fourth-order valence-electron chi connectivity index (χ4n) is 3.75. The lowest BCUT2D eigenvalue weighted by molar-refractivity contribution is 0.521. The molecule has 32 heavy (non-hydrogen) atoms. The van der Waals surface area contributed by atoms with E-state index in [4.69, 9.17) is 11.6 Å². The third-order valence-corrected chi connectivity index (χ3v) is 5.80. The van der Waals surface area contributed by atoms with Crippen LogP contribution in [0.5, 0.6) is 0 Å². The quantitative estimate of drug-likeness (QED) is 0.472. The number of anilines is 4. The zero-order valence-electron chi connectivity index (χ0n) is 17.8. The van der Waals surface area contributed by atoms with Gasteiger partial charge in [0.2, 0.25) is 5.95 Å². The van der Waals surface area contributed by atoms with Crippen LogP contribution >= 0.6 is 11.6 Å². The summed E-state index contributed by atoms with van der Waals surface area (Å²) in [6, 6.07) is 8.10. The highest BCUT2D eigenvalue weighted by Crippen LogP contribution is 2.25. The Labute approximate surface area is 190 Å². The second kappa shape index (κ2) is 8.54. The normalized spacial score (nSPS) is 14.7. The van der Waals surface area contributed by atoms with Gasteiger partial charge in [-0.3, -0.25) is 4.40 Å². The van der Waals surface area contributed by atoms with Crippen molar-refractivity contribution in [3.05, 3.63) is 53.2 Å². The molecule has 4 aromatic rings. The Bertz CT molecular complexity index is 1230. The summed E-state index contributed by atoms with van der Waals surface area (Å²) in [7, 11) is 0. The average molecular weight is 451 g/mol. The van der Waals surface area contributed by atoms with E-state index >= 15 is 0 Å². The summed E-state index contributed by atoms with van der Waals surface area (Å²) in [6.07, 6.45) is 5.41. The topological polar surface area (TPSA) is 109 Å². The molecule has 11 heteroatoms. The van der Waals surface area contributed by atoms with Crippen LogP contribution in [0.2, 0.25) is 5.02 Å². The van der Waals surface area contributed by atoms with Gasteiger partial charge in [-0.05, 0) is 44.9 Å². The molecule has 1 aliphatic heterocycles. The van der Waals surface area contributed by atoms with E-state index in [2.05, 4.69) is 45.9 Å². The third kappa shape index (κ3) is 4.26. The number of nitrogens with zero attached hydrogens (tertiary/aromatic N) is 8. The summed E-state index contributed by atoms with van der Waals surface area (Å²) in [5.41, 5.74) is 2.50. The number of halogens is 1. The number of hydrogen-bond acceptors (Lipinski definition) is 9. The van der Waals surface area contributed by atoms with E-state index in [1.165, 1.54) is 0 Å². The first-order chi connectivity index (χ1) is 15.5. The van der Waals surface area contributed by atoms with Gasteiger partial charge in [0.25, 0.3) is 0 Å². The largest absolute Gasteiger partial charge is 0.366 e. The first-order valence-corrected chi connectivity index (χ1v) is 10.9. The zero-order chi connectivity index (χ0) is 22.1. The molecule has 5 heterocycles. The molecular formula is C21H23ClN10. The molecule has 0 amide bonds. The van der Waals surface area contributed by atoms with Crippen LogP contribution < -0.4 is 15.5 Å². The van der Waals surface area contributed by atoms with Crippen molar-refractivity contribution in [2.75, 3.05) is 28.6 Å². The maximum Gasteiger partial charge on any atom is 0.229 e. The SMILES string of the molecule is Cc1ccc(N2CCC(Nc3nc(Nc4ccn5c(C)nnc5c4)ncc3Cl)CC2)nn1. The van der Waals surface area contributed by atoms with Crippen LogP contribution in [0.3, 0.4) is 0 Å². The minimum atomic E-state index is 0.264. The van der Waals surface area contributed by atoms with Crippen molar-refractivity contribution < 1.29 is 0 Å². The van der Waals surface area contributed by atoms with Gasteiger partial charge in [-0.1, -0.05) is 11.6 Å². The minimum absolute atomic E-state index is 0.264. The molecule has 164 valence electrons. The molecule has 0 aliphatic carbocycles. The van der Waals surface area contributed by atoms with E-state index in [1.807, 2.05) is 48.7 Å². The summed E-state index contributed by atoms with van der Waals surface area (Å²) in [6.45, 7) is 5.63. The Morgan fingerprint density at radius 2 is 1.88 bits per heavy atom. The maximum atomic E-state index is 6.37. The maximum absolute atomic E-state index is 6.37. The molecule has 4 aromatic heterocycles. The highest BCUT2D eigenvalue weighted by Gasteiger charge is 2.21. The Balaban J connectivity index is 1.24. The lowest BCUT2D eigenvalue weighted by Crippen LogP contribution is -2.39. The minimum Gasteiger partial charge on any atom is -0.366 e. The molecule has 1 fully saturated rings. The predicted octanol–water partition coefficient (Wildman–Crippen LogP) is 3.40. The Hall–Kier alpha value is -3.53. The van der Waals surface area contributed by atoms with E-state index in [9.17, 15) is 0 Å². The van der Waals surface area contributed by atoms with E-state index in [-0.39, 0.29) is 6.04 Å². The number of aryl methyl sites for hydroxylation is 2. The van der Waals surface area contributed by atoms with Crippen LogP contribution in [-0.4, -0.2) is 53.9 Å². The first kappa shape index (κ1) is 20.4. The first-order valence-electron chi connectivity index (χ1n) is 10.5. The second-order valence-corrected chi connectivity index (χ2v) is 8.25. The van der Waals surface area contributed by atoms with E-state index in [0.717, 1.165) is 54.6 Å². The zero-order valence-corrected chi connectivity index (χ0v) is 18.6. The van der Waals surface area contributed by atoms with Crippen molar-refractivity contribution in [2.24, 2.45) is 0 Å². The molecule has 1 aliphatic rings. The van der Waals surface area contributed by atoms with Gasteiger partial charge in [-0.25, -0.2) is 4.98 Å². The summed E-state index contributed by atoms with van der Waals surface area (Å²) in [4.78, 5) is 11.2. The number of piperidine rings is 1. The third-order valence-electron chi connectivity index (χ3n) is 5.52. The van der Waals surface area contributed by atoms with Crippen molar-refractivity contribution in [1.29, 1.82) is 0 Å². The summed E-state index contributed by atoms with van der Waals surface area (Å²) in [5.74, 6) is 2.84. The van der Waals surface area contributed by atoms with E-state index < -0.39 is 0 Å². The van der Waals surface area contributed by atoms with Crippen LogP contribution in [-0.2, 0) is 0 Å². The summed E-state index contributed by atoms with van der Waals surface area (Å²) in [5, 5.41) is 23.9. The Kier molecular flexibility index (Phi) is 5.44. The Morgan fingerprint density at radius 1 is 1.03 bits per heavy atom. The highest BCUT2D eigenvalue weighted by atomic mass is 35.5. The van der Waals surface area contributed by atoms with Gasteiger partial charge in [0.1, 0.15) is 10.8 Å². The molecule has 5 rings (SSSR count). The number of hydrogen-bond donors (Lipinski definition) is 2. The van der Waals surface area contributed by atoms with Crippen LogP contribution in [0, 0.1) is 13.8 Å². The molecule has 0 unspecified atom stereocenters. The molecule has 0 bridgehead atoms. The molecule has 0 aromatic carbocycles. The lowest BCUT2D eigenvalue weighted by atomic mass is 10.1. The van der Waals surface area contributed by atoms with Gasteiger partial charge < -0.3 is 15.5 Å². The monoisotopic (exact) mass is 450 g/mol. The molecule has 1 saturated heterocycles. The van der Waals surface area contributed by atoms with Crippen LogP contribution in [0.1, 0.15) is 24.4 Å². The van der Waals surface area contributed by atoms with Gasteiger partial charge in [0, 0.05) is 37.1 Å². The van der Waals surface area contributed by atoms with Crippen molar-refractivity contribution >= 4 is 40.5 Å². The molecule has 2 N–H and O–H groups in total. The number of aromatic nitrogens is 7. The number of nitrogens with one attached hydrogen (secondary N) is 2. The number of fused-ring (bicyclic) bond motifs is 1. The molecule has 10 nitrogen and oxygen atoms in total.